The number of hydrogen-bond donors (Lipinski definition) is 0. The van der Waals surface area contributed by atoms with Gasteiger partial charge in [0.05, 0.1) is 26.3 Å². The van der Waals surface area contributed by atoms with Crippen LogP contribution in [0.5, 0.6) is 5.75 Å². The standard InChI is InChI=1S/C27H42NO2.ClH/c1-5-7-19-28(20-8-6-2,27(3,4)25-15-11-9-12-16-25)21-22-29-23-24-30-26-17-13-10-14-18-26;/h9-18H,5-8,19-24H2,1-4H3;1H/q+1;/p-1. The SMILES string of the molecule is CCCC[N+](CCCC)(CCOCCOc1ccccc1)C(C)(C)c1ccccc1.[Cl-]. The molecule has 0 bridgehead atoms. The summed E-state index contributed by atoms with van der Waals surface area (Å²) in [5.74, 6) is 0.905. The minimum Gasteiger partial charge on any atom is -1.00 e. The van der Waals surface area contributed by atoms with E-state index in [4.69, 9.17) is 9.47 Å². The maximum absolute atomic E-state index is 6.06. The van der Waals surface area contributed by atoms with Crippen LogP contribution >= 0.6 is 0 Å². The molecule has 3 nitrogen and oxygen atoms in total. The number of unbranched alkanes of at least 4 members (excludes halogenated alkanes) is 2. The zero-order valence-electron chi connectivity index (χ0n) is 20.0. The van der Waals surface area contributed by atoms with E-state index in [-0.39, 0.29) is 17.9 Å². The van der Waals surface area contributed by atoms with Crippen molar-refractivity contribution in [3.63, 3.8) is 0 Å². The van der Waals surface area contributed by atoms with Gasteiger partial charge in [-0.1, -0.05) is 75.2 Å². The van der Waals surface area contributed by atoms with Gasteiger partial charge in [-0.05, 0) is 38.8 Å². The fourth-order valence-electron chi connectivity index (χ4n) is 4.29. The van der Waals surface area contributed by atoms with Crippen molar-refractivity contribution < 1.29 is 26.4 Å². The Balaban J connectivity index is 0.00000480. The van der Waals surface area contributed by atoms with Crippen LogP contribution in [0.25, 0.3) is 0 Å². The Labute approximate surface area is 196 Å². The first-order chi connectivity index (χ1) is 14.6. The van der Waals surface area contributed by atoms with Gasteiger partial charge in [0.1, 0.15) is 24.4 Å². The second-order valence-electron chi connectivity index (χ2n) is 8.72. The fourth-order valence-corrected chi connectivity index (χ4v) is 4.29. The van der Waals surface area contributed by atoms with E-state index in [1.54, 1.807) is 0 Å². The Morgan fingerprint density at radius 2 is 1.26 bits per heavy atom. The normalized spacial score (nSPS) is 11.7. The lowest BCUT2D eigenvalue weighted by atomic mass is 9.88. The minimum atomic E-state index is 0. The number of para-hydroxylation sites is 1. The quantitative estimate of drug-likeness (QED) is 0.307. The van der Waals surface area contributed by atoms with Gasteiger partial charge in [-0.25, -0.2) is 0 Å². The molecule has 0 aliphatic carbocycles. The molecule has 0 spiro atoms. The third-order valence-electron chi connectivity index (χ3n) is 6.45. The maximum atomic E-state index is 6.06. The molecule has 174 valence electrons. The van der Waals surface area contributed by atoms with Crippen LogP contribution in [0.15, 0.2) is 60.7 Å². The lowest BCUT2D eigenvalue weighted by Gasteiger charge is -2.51. The predicted octanol–water partition coefficient (Wildman–Crippen LogP) is 3.44. The number of halogens is 1. The van der Waals surface area contributed by atoms with Crippen LogP contribution in [0.1, 0.15) is 58.9 Å². The van der Waals surface area contributed by atoms with Gasteiger partial charge >= 0.3 is 0 Å². The third kappa shape index (κ3) is 8.14. The van der Waals surface area contributed by atoms with Crippen molar-refractivity contribution >= 4 is 0 Å². The van der Waals surface area contributed by atoms with Crippen LogP contribution in [0.4, 0.5) is 0 Å². The first kappa shape index (κ1) is 27.5. The van der Waals surface area contributed by atoms with Crippen LogP contribution in [0.3, 0.4) is 0 Å². The highest BCUT2D eigenvalue weighted by Gasteiger charge is 2.43. The van der Waals surface area contributed by atoms with Crippen LogP contribution < -0.4 is 17.1 Å². The van der Waals surface area contributed by atoms with Gasteiger partial charge in [-0.3, -0.25) is 0 Å². The van der Waals surface area contributed by atoms with Crippen molar-refractivity contribution in [2.24, 2.45) is 0 Å². The van der Waals surface area contributed by atoms with E-state index in [0.29, 0.717) is 13.2 Å². The molecule has 0 aromatic heterocycles. The Bertz CT molecular complexity index is 683. The van der Waals surface area contributed by atoms with Gasteiger partial charge in [-0.2, -0.15) is 0 Å². The molecule has 2 rings (SSSR count). The van der Waals surface area contributed by atoms with E-state index in [2.05, 4.69) is 58.0 Å². The number of hydrogen-bond acceptors (Lipinski definition) is 2. The van der Waals surface area contributed by atoms with Crippen molar-refractivity contribution in [1.29, 1.82) is 0 Å². The molecule has 0 atom stereocenters. The monoisotopic (exact) mass is 447 g/mol. The van der Waals surface area contributed by atoms with Crippen LogP contribution in [-0.4, -0.2) is 43.9 Å². The first-order valence-corrected chi connectivity index (χ1v) is 11.7. The van der Waals surface area contributed by atoms with Crippen LogP contribution in [0, 0.1) is 0 Å². The Hall–Kier alpha value is -1.55. The summed E-state index contributed by atoms with van der Waals surface area (Å²) in [4.78, 5) is 0. The second-order valence-corrected chi connectivity index (χ2v) is 8.72. The summed E-state index contributed by atoms with van der Waals surface area (Å²) in [5.41, 5.74) is 1.47. The number of ether oxygens (including phenoxy) is 2. The molecule has 0 heterocycles. The molecule has 0 fully saturated rings. The Kier molecular flexibility index (Phi) is 12.9. The zero-order valence-corrected chi connectivity index (χ0v) is 20.7. The van der Waals surface area contributed by atoms with E-state index < -0.39 is 0 Å². The predicted molar refractivity (Wildman–Crippen MR) is 127 cm³/mol. The van der Waals surface area contributed by atoms with Gasteiger partial charge in [0.2, 0.25) is 0 Å². The minimum absolute atomic E-state index is 0. The highest BCUT2D eigenvalue weighted by atomic mass is 35.5. The topological polar surface area (TPSA) is 18.5 Å². The molecular formula is C27H42ClNO2. The Morgan fingerprint density at radius 1 is 0.710 bits per heavy atom. The molecule has 0 saturated carbocycles. The molecule has 0 saturated heterocycles. The molecule has 0 amide bonds. The number of quaternary nitrogens is 1. The van der Waals surface area contributed by atoms with Crippen molar-refractivity contribution in [1.82, 2.24) is 0 Å². The summed E-state index contributed by atoms with van der Waals surface area (Å²) in [6.07, 6.45) is 4.94. The smallest absolute Gasteiger partial charge is 0.119 e. The Morgan fingerprint density at radius 3 is 1.81 bits per heavy atom. The largest absolute Gasteiger partial charge is 1.00 e. The molecule has 0 aliphatic heterocycles. The van der Waals surface area contributed by atoms with Gasteiger partial charge in [-0.15, -0.1) is 0 Å². The van der Waals surface area contributed by atoms with Crippen molar-refractivity contribution in [2.75, 3.05) is 39.5 Å². The van der Waals surface area contributed by atoms with E-state index >= 15 is 0 Å². The highest BCUT2D eigenvalue weighted by molar-refractivity contribution is 5.21. The van der Waals surface area contributed by atoms with Gasteiger partial charge in [0.15, 0.2) is 0 Å². The lowest BCUT2D eigenvalue weighted by molar-refractivity contribution is -0.980. The molecule has 4 heteroatoms. The summed E-state index contributed by atoms with van der Waals surface area (Å²) in [6.45, 7) is 14.8. The fraction of sp³-hybridized carbons (Fsp3) is 0.556. The average Bonchev–Trinajstić information content (AvgIpc) is 2.78. The van der Waals surface area contributed by atoms with E-state index in [1.165, 1.54) is 44.3 Å². The molecule has 2 aromatic rings. The number of benzene rings is 2. The summed E-state index contributed by atoms with van der Waals surface area (Å²) in [6, 6.07) is 21.0. The van der Waals surface area contributed by atoms with Crippen molar-refractivity contribution in [3.8, 4) is 5.75 Å². The average molecular weight is 448 g/mol. The highest BCUT2D eigenvalue weighted by Crippen LogP contribution is 2.36. The summed E-state index contributed by atoms with van der Waals surface area (Å²) < 4.78 is 12.9. The molecule has 0 N–H and O–H groups in total. The van der Waals surface area contributed by atoms with Crippen molar-refractivity contribution in [3.05, 3.63) is 66.2 Å². The van der Waals surface area contributed by atoms with E-state index in [9.17, 15) is 0 Å². The van der Waals surface area contributed by atoms with E-state index in [1.807, 2.05) is 30.3 Å². The number of rotatable bonds is 15. The van der Waals surface area contributed by atoms with Gasteiger partial charge < -0.3 is 26.4 Å². The third-order valence-corrected chi connectivity index (χ3v) is 6.45. The zero-order chi connectivity index (χ0) is 21.7. The lowest BCUT2D eigenvalue weighted by Crippen LogP contribution is -3.00. The number of nitrogens with zero attached hydrogens (tertiary/aromatic N) is 1. The summed E-state index contributed by atoms with van der Waals surface area (Å²) in [5, 5.41) is 0. The molecule has 2 aromatic carbocycles. The van der Waals surface area contributed by atoms with Crippen molar-refractivity contribution in [2.45, 2.75) is 58.9 Å². The van der Waals surface area contributed by atoms with E-state index in [0.717, 1.165) is 23.4 Å². The molecular weight excluding hydrogens is 406 g/mol. The molecule has 0 aliphatic rings. The summed E-state index contributed by atoms with van der Waals surface area (Å²) in [7, 11) is 0. The van der Waals surface area contributed by atoms with Crippen LogP contribution in [0.2, 0.25) is 0 Å². The molecule has 0 unspecified atom stereocenters. The molecule has 31 heavy (non-hydrogen) atoms. The maximum Gasteiger partial charge on any atom is 0.119 e. The van der Waals surface area contributed by atoms with Gasteiger partial charge in [0.25, 0.3) is 0 Å². The second kappa shape index (κ2) is 14.5. The van der Waals surface area contributed by atoms with Crippen LogP contribution in [-0.2, 0) is 10.3 Å². The molecule has 0 radical (unpaired) electrons. The van der Waals surface area contributed by atoms with Gasteiger partial charge in [0, 0.05) is 5.56 Å². The first-order valence-electron chi connectivity index (χ1n) is 11.7. The summed E-state index contributed by atoms with van der Waals surface area (Å²) >= 11 is 0.